The predicted octanol–water partition coefficient (Wildman–Crippen LogP) is 2.99. The van der Waals surface area contributed by atoms with Crippen molar-refractivity contribution in [3.63, 3.8) is 0 Å². The van der Waals surface area contributed by atoms with Crippen LogP contribution in [0, 0.1) is 11.3 Å². The van der Waals surface area contributed by atoms with Gasteiger partial charge in [0, 0.05) is 16.7 Å². The second-order valence-corrected chi connectivity index (χ2v) is 7.46. The van der Waals surface area contributed by atoms with Crippen molar-refractivity contribution in [2.45, 2.75) is 47.1 Å². The number of anilines is 1. The summed E-state index contributed by atoms with van der Waals surface area (Å²) in [7, 11) is 1.30. The van der Waals surface area contributed by atoms with Crippen molar-refractivity contribution in [3.8, 4) is 0 Å². The maximum atomic E-state index is 12.5. The number of rotatable bonds is 6. The lowest BCUT2D eigenvalue weighted by atomic mass is 9.95. The summed E-state index contributed by atoms with van der Waals surface area (Å²) in [6.45, 7) is 9.36. The van der Waals surface area contributed by atoms with Crippen LogP contribution in [0.1, 0.15) is 51.4 Å². The van der Waals surface area contributed by atoms with E-state index in [1.165, 1.54) is 7.11 Å². The maximum Gasteiger partial charge on any atom is 0.328 e. The number of hydrogen-bond acceptors (Lipinski definition) is 4. The predicted molar refractivity (Wildman–Crippen MR) is 97.3 cm³/mol. The number of carbonyl (C=O) groups excluding carboxylic acids is 3. The van der Waals surface area contributed by atoms with Gasteiger partial charge in [-0.05, 0) is 30.5 Å². The Hall–Kier alpha value is -2.37. The van der Waals surface area contributed by atoms with Gasteiger partial charge in [0.1, 0.15) is 6.04 Å². The minimum Gasteiger partial charge on any atom is -0.467 e. The Morgan fingerprint density at radius 2 is 1.80 bits per heavy atom. The van der Waals surface area contributed by atoms with E-state index >= 15 is 0 Å². The average molecular weight is 348 g/mol. The zero-order valence-electron chi connectivity index (χ0n) is 15.8. The van der Waals surface area contributed by atoms with Gasteiger partial charge in [0.05, 0.1) is 7.11 Å². The molecule has 138 valence electrons. The normalized spacial score (nSPS) is 12.4. The fourth-order valence-electron chi connectivity index (χ4n) is 2.13. The maximum absolute atomic E-state index is 12.5. The summed E-state index contributed by atoms with van der Waals surface area (Å²) in [6.07, 6.45) is 0.485. The minimum absolute atomic E-state index is 0.141. The van der Waals surface area contributed by atoms with Crippen LogP contribution in [0.5, 0.6) is 0 Å². The lowest BCUT2D eigenvalue weighted by molar-refractivity contribution is -0.143. The first-order valence-corrected chi connectivity index (χ1v) is 8.34. The summed E-state index contributed by atoms with van der Waals surface area (Å²) in [5.41, 5.74) is 0.362. The minimum atomic E-state index is -0.703. The van der Waals surface area contributed by atoms with Crippen molar-refractivity contribution in [1.82, 2.24) is 5.32 Å². The molecule has 1 rings (SSSR count). The van der Waals surface area contributed by atoms with Crippen molar-refractivity contribution in [1.29, 1.82) is 0 Å². The van der Waals surface area contributed by atoms with Crippen LogP contribution in [0.2, 0.25) is 0 Å². The van der Waals surface area contributed by atoms with Crippen LogP contribution in [0.25, 0.3) is 0 Å². The molecule has 25 heavy (non-hydrogen) atoms. The smallest absolute Gasteiger partial charge is 0.328 e. The molecule has 0 bridgehead atoms. The van der Waals surface area contributed by atoms with Crippen LogP contribution in [0.3, 0.4) is 0 Å². The highest BCUT2D eigenvalue weighted by Crippen LogP contribution is 2.18. The van der Waals surface area contributed by atoms with Gasteiger partial charge in [-0.25, -0.2) is 4.79 Å². The molecular formula is C19H28N2O4. The van der Waals surface area contributed by atoms with Crippen molar-refractivity contribution in [3.05, 3.63) is 29.8 Å². The van der Waals surface area contributed by atoms with Gasteiger partial charge in [-0.1, -0.05) is 40.7 Å². The molecule has 0 saturated carbocycles. The number of nitrogens with one attached hydrogen (secondary N) is 2. The van der Waals surface area contributed by atoms with E-state index in [-0.39, 0.29) is 17.7 Å². The van der Waals surface area contributed by atoms with Gasteiger partial charge in [0.15, 0.2) is 0 Å². The number of carbonyl (C=O) groups is 3. The molecule has 0 fully saturated rings. The lowest BCUT2D eigenvalue weighted by Gasteiger charge is -2.19. The lowest BCUT2D eigenvalue weighted by Crippen LogP contribution is -2.42. The van der Waals surface area contributed by atoms with E-state index in [4.69, 9.17) is 4.74 Å². The molecular weight excluding hydrogens is 320 g/mol. The highest BCUT2D eigenvalue weighted by molar-refractivity contribution is 5.99. The molecule has 0 aliphatic rings. The Labute approximate surface area is 149 Å². The van der Waals surface area contributed by atoms with E-state index in [1.807, 2.05) is 34.6 Å². The number of amides is 2. The average Bonchev–Trinajstić information content (AvgIpc) is 2.52. The number of benzene rings is 1. The highest BCUT2D eigenvalue weighted by atomic mass is 16.5. The van der Waals surface area contributed by atoms with Gasteiger partial charge in [-0.15, -0.1) is 0 Å². The van der Waals surface area contributed by atoms with Crippen LogP contribution in [0.4, 0.5) is 5.69 Å². The van der Waals surface area contributed by atoms with Gasteiger partial charge in [0.2, 0.25) is 5.91 Å². The third kappa shape index (κ3) is 6.57. The van der Waals surface area contributed by atoms with E-state index < -0.39 is 17.4 Å². The zero-order chi connectivity index (χ0) is 19.2. The molecule has 2 amide bonds. The van der Waals surface area contributed by atoms with Gasteiger partial charge >= 0.3 is 5.97 Å². The molecule has 1 aromatic rings. The van der Waals surface area contributed by atoms with Crippen LogP contribution in [-0.2, 0) is 14.3 Å². The molecule has 0 heterocycles. The van der Waals surface area contributed by atoms with E-state index in [0.717, 1.165) is 0 Å². The number of methoxy groups -OCH3 is 1. The van der Waals surface area contributed by atoms with Crippen LogP contribution in [-0.4, -0.2) is 30.9 Å². The topological polar surface area (TPSA) is 84.5 Å². The van der Waals surface area contributed by atoms with E-state index in [0.29, 0.717) is 17.7 Å². The molecule has 0 aliphatic carbocycles. The third-order valence-electron chi connectivity index (χ3n) is 3.56. The first-order valence-electron chi connectivity index (χ1n) is 8.34. The van der Waals surface area contributed by atoms with E-state index in [2.05, 4.69) is 10.6 Å². The van der Waals surface area contributed by atoms with Crippen molar-refractivity contribution in [2.75, 3.05) is 12.4 Å². The van der Waals surface area contributed by atoms with Gasteiger partial charge in [-0.3, -0.25) is 9.59 Å². The van der Waals surface area contributed by atoms with Crippen LogP contribution < -0.4 is 10.6 Å². The van der Waals surface area contributed by atoms with Gasteiger partial charge in [-0.2, -0.15) is 0 Å². The SMILES string of the molecule is COC(=O)C(CC(C)C)NC(=O)c1cccc(NC(=O)C(C)(C)C)c1. The Bertz CT molecular complexity index is 633. The van der Waals surface area contributed by atoms with Crippen LogP contribution >= 0.6 is 0 Å². The largest absolute Gasteiger partial charge is 0.467 e. The first-order chi connectivity index (χ1) is 11.5. The molecule has 0 spiro atoms. The third-order valence-corrected chi connectivity index (χ3v) is 3.56. The van der Waals surface area contributed by atoms with Crippen molar-refractivity contribution in [2.24, 2.45) is 11.3 Å². The number of hydrogen-bond donors (Lipinski definition) is 2. The second kappa shape index (κ2) is 8.65. The summed E-state index contributed by atoms with van der Waals surface area (Å²) in [4.78, 5) is 36.4. The zero-order valence-corrected chi connectivity index (χ0v) is 15.8. The molecule has 2 N–H and O–H groups in total. The molecule has 1 unspecified atom stereocenters. The Morgan fingerprint density at radius 3 is 2.32 bits per heavy atom. The van der Waals surface area contributed by atoms with Crippen molar-refractivity contribution >= 4 is 23.5 Å². The number of esters is 1. The van der Waals surface area contributed by atoms with E-state index in [1.54, 1.807) is 24.3 Å². The van der Waals surface area contributed by atoms with Crippen molar-refractivity contribution < 1.29 is 19.1 Å². The molecule has 0 aromatic heterocycles. The molecule has 0 saturated heterocycles. The fraction of sp³-hybridized carbons (Fsp3) is 0.526. The summed E-state index contributed by atoms with van der Waals surface area (Å²) >= 11 is 0. The molecule has 6 nitrogen and oxygen atoms in total. The summed E-state index contributed by atoms with van der Waals surface area (Å²) in [6, 6.07) is 5.91. The van der Waals surface area contributed by atoms with Gasteiger partial charge in [0.25, 0.3) is 5.91 Å². The Morgan fingerprint density at radius 1 is 1.16 bits per heavy atom. The molecule has 0 aliphatic heterocycles. The monoisotopic (exact) mass is 348 g/mol. The number of ether oxygens (including phenoxy) is 1. The Balaban J connectivity index is 2.89. The van der Waals surface area contributed by atoms with Crippen LogP contribution in [0.15, 0.2) is 24.3 Å². The molecule has 1 atom stereocenters. The quantitative estimate of drug-likeness (QED) is 0.774. The summed E-state index contributed by atoms with van der Waals surface area (Å²) in [5.74, 6) is -0.777. The fourth-order valence-corrected chi connectivity index (χ4v) is 2.13. The molecule has 1 aromatic carbocycles. The van der Waals surface area contributed by atoms with E-state index in [9.17, 15) is 14.4 Å². The molecule has 6 heteroatoms. The molecule has 0 radical (unpaired) electrons. The standard InChI is InChI=1S/C19H28N2O4/c1-12(2)10-15(17(23)25-6)21-16(22)13-8-7-9-14(11-13)20-18(24)19(3,4)5/h7-9,11-12,15H,10H2,1-6H3,(H,20,24)(H,21,22). The summed E-state index contributed by atoms with van der Waals surface area (Å²) in [5, 5.41) is 5.49. The Kier molecular flexibility index (Phi) is 7.15. The first kappa shape index (κ1) is 20.7. The highest BCUT2D eigenvalue weighted by Gasteiger charge is 2.24. The summed E-state index contributed by atoms with van der Waals surface area (Å²) < 4.78 is 4.75. The van der Waals surface area contributed by atoms with Gasteiger partial charge < -0.3 is 15.4 Å². The second-order valence-electron chi connectivity index (χ2n) is 7.46.